The molecule has 0 bridgehead atoms. The number of hydrogen-bond donors (Lipinski definition) is 3. The second kappa shape index (κ2) is 8.44. The Bertz CT molecular complexity index is 565. The van der Waals surface area contributed by atoms with Crippen molar-refractivity contribution in [2.75, 3.05) is 26.4 Å². The molecule has 5 heteroatoms. The van der Waals surface area contributed by atoms with Crippen molar-refractivity contribution >= 4 is 16.8 Å². The Morgan fingerprint density at radius 2 is 2.14 bits per heavy atom. The van der Waals surface area contributed by atoms with Crippen molar-refractivity contribution in [3.63, 3.8) is 0 Å². The van der Waals surface area contributed by atoms with Crippen LogP contribution in [0.15, 0.2) is 30.5 Å². The molecule has 0 radical (unpaired) electrons. The van der Waals surface area contributed by atoms with Crippen LogP contribution < -0.4 is 5.32 Å². The van der Waals surface area contributed by atoms with E-state index in [0.29, 0.717) is 26.2 Å². The van der Waals surface area contributed by atoms with Crippen LogP contribution in [0.25, 0.3) is 10.9 Å². The molecule has 1 aromatic heterocycles. The van der Waals surface area contributed by atoms with Gasteiger partial charge in [0.1, 0.15) is 0 Å². The minimum absolute atomic E-state index is 0.0125. The molecule has 0 saturated heterocycles. The van der Waals surface area contributed by atoms with Crippen LogP contribution in [0, 0.1) is 0 Å². The topological polar surface area (TPSA) is 74.4 Å². The third-order valence-corrected chi connectivity index (χ3v) is 3.33. The van der Waals surface area contributed by atoms with Crippen molar-refractivity contribution in [3.05, 3.63) is 36.0 Å². The lowest BCUT2D eigenvalue weighted by Crippen LogP contribution is -2.27. The van der Waals surface area contributed by atoms with Gasteiger partial charge in [-0.3, -0.25) is 4.79 Å². The molecule has 2 rings (SSSR count). The van der Waals surface area contributed by atoms with Crippen molar-refractivity contribution in [2.24, 2.45) is 0 Å². The lowest BCUT2D eigenvalue weighted by molar-refractivity contribution is -0.121. The SMILES string of the molecule is O=C(CCCc1c[nH]c2ccccc12)NCCOCCO. The fraction of sp³-hybridized carbons (Fsp3) is 0.438. The smallest absolute Gasteiger partial charge is 0.220 e. The number of hydrogen-bond acceptors (Lipinski definition) is 3. The lowest BCUT2D eigenvalue weighted by atomic mass is 10.1. The molecule has 0 saturated carbocycles. The number of aryl methyl sites for hydroxylation is 1. The summed E-state index contributed by atoms with van der Waals surface area (Å²) in [6.45, 7) is 1.26. The van der Waals surface area contributed by atoms with Crippen LogP contribution in [0.5, 0.6) is 0 Å². The van der Waals surface area contributed by atoms with Crippen LogP contribution in [-0.4, -0.2) is 42.4 Å². The van der Waals surface area contributed by atoms with Gasteiger partial charge in [0.25, 0.3) is 0 Å². The minimum Gasteiger partial charge on any atom is -0.394 e. The maximum atomic E-state index is 11.6. The lowest BCUT2D eigenvalue weighted by Gasteiger charge is -2.05. The molecule has 0 aliphatic rings. The van der Waals surface area contributed by atoms with Gasteiger partial charge >= 0.3 is 0 Å². The first-order valence-electron chi connectivity index (χ1n) is 7.31. The van der Waals surface area contributed by atoms with Crippen LogP contribution in [0.2, 0.25) is 0 Å². The number of benzene rings is 1. The first kappa shape index (κ1) is 15.5. The highest BCUT2D eigenvalue weighted by Crippen LogP contribution is 2.19. The molecule has 0 unspecified atom stereocenters. The molecule has 3 N–H and O–H groups in total. The number of H-pyrrole nitrogens is 1. The molecule has 0 aliphatic carbocycles. The summed E-state index contributed by atoms with van der Waals surface area (Å²) < 4.78 is 5.08. The van der Waals surface area contributed by atoms with Crippen LogP contribution >= 0.6 is 0 Å². The van der Waals surface area contributed by atoms with E-state index in [1.165, 1.54) is 10.9 Å². The van der Waals surface area contributed by atoms with Gasteiger partial charge in [-0.05, 0) is 24.5 Å². The molecule has 1 aromatic carbocycles. The van der Waals surface area contributed by atoms with Crippen molar-refractivity contribution in [1.29, 1.82) is 0 Å². The number of aliphatic hydroxyl groups excluding tert-OH is 1. The molecular weight excluding hydrogens is 268 g/mol. The summed E-state index contributed by atoms with van der Waals surface area (Å²) in [5.74, 6) is 0.0439. The van der Waals surface area contributed by atoms with Gasteiger partial charge in [0, 0.05) is 30.1 Å². The average molecular weight is 290 g/mol. The molecule has 114 valence electrons. The quantitative estimate of drug-likeness (QED) is 0.614. The number of carbonyl (C=O) groups excluding carboxylic acids is 1. The zero-order valence-electron chi connectivity index (χ0n) is 12.1. The second-order valence-electron chi connectivity index (χ2n) is 4.90. The number of carbonyl (C=O) groups is 1. The molecule has 5 nitrogen and oxygen atoms in total. The Morgan fingerprint density at radius 1 is 1.29 bits per heavy atom. The third kappa shape index (κ3) is 4.88. The highest BCUT2D eigenvalue weighted by atomic mass is 16.5. The predicted octanol–water partition coefficient (Wildman–Crippen LogP) is 1.62. The van der Waals surface area contributed by atoms with Gasteiger partial charge in [0.05, 0.1) is 19.8 Å². The molecule has 21 heavy (non-hydrogen) atoms. The number of nitrogens with one attached hydrogen (secondary N) is 2. The van der Waals surface area contributed by atoms with E-state index in [1.54, 1.807) is 0 Å². The van der Waals surface area contributed by atoms with E-state index < -0.39 is 0 Å². The molecule has 0 fully saturated rings. The van der Waals surface area contributed by atoms with Gasteiger partial charge in [0.15, 0.2) is 0 Å². The number of aromatic amines is 1. The first-order chi connectivity index (χ1) is 10.3. The van der Waals surface area contributed by atoms with E-state index >= 15 is 0 Å². The number of aromatic nitrogens is 1. The highest BCUT2D eigenvalue weighted by Gasteiger charge is 2.05. The summed E-state index contributed by atoms with van der Waals surface area (Å²) in [6.07, 6.45) is 4.24. The highest BCUT2D eigenvalue weighted by molar-refractivity contribution is 5.83. The van der Waals surface area contributed by atoms with E-state index in [9.17, 15) is 4.79 Å². The van der Waals surface area contributed by atoms with E-state index in [0.717, 1.165) is 18.4 Å². The van der Waals surface area contributed by atoms with Crippen LogP contribution in [0.3, 0.4) is 0 Å². The summed E-state index contributed by atoms with van der Waals surface area (Å²) in [5.41, 5.74) is 2.39. The van der Waals surface area contributed by atoms with Crippen molar-refractivity contribution in [2.45, 2.75) is 19.3 Å². The van der Waals surface area contributed by atoms with E-state index in [2.05, 4.69) is 22.4 Å². The van der Waals surface area contributed by atoms with Crippen molar-refractivity contribution < 1.29 is 14.6 Å². The summed E-state index contributed by atoms with van der Waals surface area (Å²) >= 11 is 0. The van der Waals surface area contributed by atoms with Gasteiger partial charge in [-0.15, -0.1) is 0 Å². The van der Waals surface area contributed by atoms with Gasteiger partial charge < -0.3 is 20.1 Å². The second-order valence-corrected chi connectivity index (χ2v) is 4.90. The number of aliphatic hydroxyl groups is 1. The van der Waals surface area contributed by atoms with Gasteiger partial charge in [-0.25, -0.2) is 0 Å². The van der Waals surface area contributed by atoms with Gasteiger partial charge in [-0.1, -0.05) is 18.2 Å². The van der Waals surface area contributed by atoms with E-state index in [1.807, 2.05) is 18.3 Å². The van der Waals surface area contributed by atoms with Crippen LogP contribution in [0.4, 0.5) is 0 Å². The molecule has 0 aliphatic heterocycles. The van der Waals surface area contributed by atoms with Crippen molar-refractivity contribution in [3.8, 4) is 0 Å². The molecular formula is C16H22N2O3. The summed E-state index contributed by atoms with van der Waals surface area (Å²) in [5, 5.41) is 12.6. The average Bonchev–Trinajstić information content (AvgIpc) is 2.91. The molecule has 2 aromatic rings. The Hall–Kier alpha value is -1.85. The molecule has 1 heterocycles. The Kier molecular flexibility index (Phi) is 6.24. The predicted molar refractivity (Wildman–Crippen MR) is 82.2 cm³/mol. The van der Waals surface area contributed by atoms with E-state index in [-0.39, 0.29) is 12.5 Å². The number of amides is 1. The van der Waals surface area contributed by atoms with Crippen LogP contribution in [-0.2, 0) is 16.0 Å². The maximum Gasteiger partial charge on any atom is 0.220 e. The maximum absolute atomic E-state index is 11.6. The largest absolute Gasteiger partial charge is 0.394 e. The Labute approximate surface area is 124 Å². The summed E-state index contributed by atoms with van der Waals surface area (Å²) in [4.78, 5) is 14.9. The van der Waals surface area contributed by atoms with Crippen molar-refractivity contribution in [1.82, 2.24) is 10.3 Å². The Balaban J connectivity index is 1.66. The molecule has 0 atom stereocenters. The minimum atomic E-state index is 0.0125. The fourth-order valence-electron chi connectivity index (χ4n) is 2.30. The van der Waals surface area contributed by atoms with Gasteiger partial charge in [-0.2, -0.15) is 0 Å². The number of rotatable bonds is 9. The normalized spacial score (nSPS) is 10.9. The number of ether oxygens (including phenoxy) is 1. The fourth-order valence-corrected chi connectivity index (χ4v) is 2.30. The molecule has 1 amide bonds. The van der Waals surface area contributed by atoms with E-state index in [4.69, 9.17) is 9.84 Å². The third-order valence-electron chi connectivity index (χ3n) is 3.33. The standard InChI is InChI=1S/C16H22N2O3/c19-9-11-21-10-8-17-16(20)7-3-4-13-12-18-15-6-2-1-5-14(13)15/h1-2,5-6,12,18-19H,3-4,7-11H2,(H,17,20). The number of fused-ring (bicyclic) bond motifs is 1. The summed E-state index contributed by atoms with van der Waals surface area (Å²) in [6, 6.07) is 8.19. The summed E-state index contributed by atoms with van der Waals surface area (Å²) in [7, 11) is 0. The first-order valence-corrected chi connectivity index (χ1v) is 7.31. The Morgan fingerprint density at radius 3 is 3.00 bits per heavy atom. The molecule has 0 spiro atoms. The monoisotopic (exact) mass is 290 g/mol. The zero-order chi connectivity index (χ0) is 14.9. The van der Waals surface area contributed by atoms with Crippen LogP contribution in [0.1, 0.15) is 18.4 Å². The van der Waals surface area contributed by atoms with Gasteiger partial charge in [0.2, 0.25) is 5.91 Å². The number of para-hydroxylation sites is 1. The zero-order valence-corrected chi connectivity index (χ0v) is 12.1.